The van der Waals surface area contributed by atoms with E-state index in [9.17, 15) is 43.5 Å². The fourth-order valence-electron chi connectivity index (χ4n) is 10.2. The lowest BCUT2D eigenvalue weighted by Crippen LogP contribution is -2.46. The second-order valence-electron chi connectivity index (χ2n) is 19.8. The van der Waals surface area contributed by atoms with Crippen molar-refractivity contribution in [3.8, 4) is 22.4 Å². The molecule has 1 aromatic heterocycles. The molecule has 0 bridgehead atoms. The molecule has 0 aliphatic carbocycles. The molecule has 2 aliphatic heterocycles. The SMILES string of the molecule is Cc1c(S(C)(=O)=O)c(-c2cc(F)cc(N3CCN(c4ccc(CS(=O)(=O)c5ccc(C[C@H](CCN6CCC(O)CC6)CSc6ccccc6)c(S(=O)(=O)C(F)(F)F)c5)cc4)CC3)c2)c(-c2ccc(Cl)cc2)n1C(C)C. The van der Waals surface area contributed by atoms with Gasteiger partial charge in [-0.25, -0.2) is 29.6 Å². The summed E-state index contributed by atoms with van der Waals surface area (Å²) in [6.07, 6.45) is 2.50. The maximum Gasteiger partial charge on any atom is 0.501 e. The zero-order valence-corrected chi connectivity index (χ0v) is 46.1. The van der Waals surface area contributed by atoms with Crippen LogP contribution in [0.5, 0.6) is 0 Å². The second kappa shape index (κ2) is 23.0. The van der Waals surface area contributed by atoms with Gasteiger partial charge < -0.3 is 24.4 Å². The topological polar surface area (TPSA) is 137 Å². The van der Waals surface area contributed by atoms with Crippen molar-refractivity contribution in [1.29, 1.82) is 0 Å². The van der Waals surface area contributed by atoms with Gasteiger partial charge in [0.05, 0.1) is 32.2 Å². The summed E-state index contributed by atoms with van der Waals surface area (Å²) in [5.74, 6) is -0.935. The highest BCUT2D eigenvalue weighted by atomic mass is 35.5. The first-order chi connectivity index (χ1) is 35.4. The Morgan fingerprint density at radius 2 is 1.39 bits per heavy atom. The number of benzene rings is 5. The van der Waals surface area contributed by atoms with Crippen LogP contribution >= 0.6 is 23.4 Å². The molecule has 0 unspecified atom stereocenters. The Hall–Kier alpha value is -4.89. The number of hydrogen-bond acceptors (Lipinski definition) is 11. The number of nitrogens with zero attached hydrogens (tertiary/aromatic N) is 4. The summed E-state index contributed by atoms with van der Waals surface area (Å²) in [6.45, 7) is 9.52. The van der Waals surface area contributed by atoms with Crippen LogP contribution in [-0.4, -0.2) is 109 Å². The standard InChI is InChI=1S/C55H61ClF4N4O7S4/c1-37(2)64-38(3)54(73(4,66)67)52(53(64)41-12-15-44(56)16-13-41)43-31-45(57)33-47(32-43)63-28-26-62(27-29-63)46-17-10-39(11-18-46)36-74(68,69)50-19-14-42(51(34-50)75(70,71)55(58,59)60)30-40(35-72-49-8-6-5-7-9-49)20-23-61-24-21-48(65)22-25-61/h5-19,31-34,37,40,48,65H,20-30,35-36H2,1-4H3/t40-/m0/s1. The molecule has 0 radical (unpaired) electrons. The van der Waals surface area contributed by atoms with E-state index in [1.54, 1.807) is 43.3 Å². The number of aliphatic hydroxyl groups is 1. The second-order valence-corrected chi connectivity index (χ2v) is 27.1. The highest BCUT2D eigenvalue weighted by Crippen LogP contribution is 2.45. The van der Waals surface area contributed by atoms with Crippen molar-refractivity contribution in [3.63, 3.8) is 0 Å². The van der Waals surface area contributed by atoms with Crippen LogP contribution in [0.1, 0.15) is 56.0 Å². The van der Waals surface area contributed by atoms with E-state index in [2.05, 4.69) is 9.80 Å². The van der Waals surface area contributed by atoms with E-state index in [-0.39, 0.29) is 34.9 Å². The van der Waals surface area contributed by atoms with Gasteiger partial charge in [-0.3, -0.25) is 0 Å². The Labute approximate surface area is 447 Å². The minimum Gasteiger partial charge on any atom is -0.393 e. The lowest BCUT2D eigenvalue weighted by atomic mass is 9.97. The summed E-state index contributed by atoms with van der Waals surface area (Å²) in [4.78, 5) is 5.73. The van der Waals surface area contributed by atoms with Crippen LogP contribution in [0, 0.1) is 18.7 Å². The highest BCUT2D eigenvalue weighted by Gasteiger charge is 2.48. The van der Waals surface area contributed by atoms with Gasteiger partial charge in [-0.2, -0.15) is 13.2 Å². The van der Waals surface area contributed by atoms with Crippen molar-refractivity contribution < 1.29 is 47.9 Å². The third-order valence-corrected chi connectivity index (χ3v) is 20.0. The lowest BCUT2D eigenvalue weighted by Gasteiger charge is -2.37. The van der Waals surface area contributed by atoms with Crippen molar-refractivity contribution in [2.24, 2.45) is 5.92 Å². The van der Waals surface area contributed by atoms with Crippen LogP contribution in [0.3, 0.4) is 0 Å². The first kappa shape index (κ1) is 56.3. The van der Waals surface area contributed by atoms with Crippen molar-refractivity contribution in [1.82, 2.24) is 9.47 Å². The number of thioether (sulfide) groups is 1. The fourth-order valence-corrected chi connectivity index (χ4v) is 15.1. The quantitative estimate of drug-likeness (QED) is 0.0650. The van der Waals surface area contributed by atoms with Gasteiger partial charge in [0, 0.05) is 89.9 Å². The van der Waals surface area contributed by atoms with E-state index in [0.29, 0.717) is 116 Å². The maximum absolute atomic E-state index is 15.8. The molecule has 20 heteroatoms. The summed E-state index contributed by atoms with van der Waals surface area (Å²) in [6, 6.07) is 30.8. The first-order valence-electron chi connectivity index (χ1n) is 24.8. The van der Waals surface area contributed by atoms with Crippen molar-refractivity contribution in [2.75, 3.05) is 67.6 Å². The van der Waals surface area contributed by atoms with Gasteiger partial charge in [0.1, 0.15) is 5.82 Å². The number of sulfone groups is 3. The molecule has 1 N–H and O–H groups in total. The number of alkyl halides is 3. The summed E-state index contributed by atoms with van der Waals surface area (Å²) >= 11 is 7.76. The van der Waals surface area contributed by atoms with Gasteiger partial charge in [-0.1, -0.05) is 60.1 Å². The molecule has 0 spiro atoms. The fraction of sp³-hybridized carbons (Fsp3) is 0.382. The summed E-state index contributed by atoms with van der Waals surface area (Å²) in [7, 11) is -14.1. The number of halogens is 5. The molecule has 8 rings (SSSR count). The maximum atomic E-state index is 15.8. The van der Waals surface area contributed by atoms with Crippen molar-refractivity contribution >= 4 is 64.2 Å². The molecule has 75 heavy (non-hydrogen) atoms. The van der Waals surface area contributed by atoms with Crippen molar-refractivity contribution in [2.45, 2.75) is 89.4 Å². The van der Waals surface area contributed by atoms with E-state index in [1.165, 1.54) is 36.0 Å². The smallest absolute Gasteiger partial charge is 0.393 e. The van der Waals surface area contributed by atoms with Crippen LogP contribution in [0.4, 0.5) is 28.9 Å². The minimum atomic E-state index is -5.96. The number of anilines is 2. The summed E-state index contributed by atoms with van der Waals surface area (Å²) < 4.78 is 142. The number of hydrogen-bond donors (Lipinski definition) is 1. The highest BCUT2D eigenvalue weighted by molar-refractivity contribution is 7.99. The number of aromatic nitrogens is 1. The van der Waals surface area contributed by atoms with E-state index in [0.717, 1.165) is 22.4 Å². The summed E-state index contributed by atoms with van der Waals surface area (Å²) in [5.41, 5.74) is -1.42. The average Bonchev–Trinajstić information content (AvgIpc) is 3.69. The van der Waals surface area contributed by atoms with Gasteiger partial charge in [-0.05, 0) is 148 Å². The van der Waals surface area contributed by atoms with Gasteiger partial charge in [0.25, 0.3) is 9.84 Å². The molecule has 0 saturated carbocycles. The molecule has 11 nitrogen and oxygen atoms in total. The van der Waals surface area contributed by atoms with Crippen molar-refractivity contribution in [3.05, 3.63) is 143 Å². The Kier molecular flexibility index (Phi) is 17.3. The molecular weight excluding hydrogens is 1070 g/mol. The average molecular weight is 1130 g/mol. The zero-order chi connectivity index (χ0) is 54.0. The lowest BCUT2D eigenvalue weighted by molar-refractivity contribution is -0.0436. The number of piperidine rings is 1. The monoisotopic (exact) mass is 1130 g/mol. The molecular formula is C55H61ClF4N4O7S4. The molecule has 2 fully saturated rings. The molecule has 3 heterocycles. The third kappa shape index (κ3) is 13.1. The Balaban J connectivity index is 0.986. The largest absolute Gasteiger partial charge is 0.501 e. The summed E-state index contributed by atoms with van der Waals surface area (Å²) in [5, 5.41) is 10.5. The molecule has 6 aromatic rings. The van der Waals surface area contributed by atoms with Crippen LogP contribution in [0.2, 0.25) is 5.02 Å². The Morgan fingerprint density at radius 1 is 0.760 bits per heavy atom. The number of aliphatic hydroxyl groups excluding tert-OH is 1. The van der Waals surface area contributed by atoms with Crippen LogP contribution in [0.25, 0.3) is 22.4 Å². The molecule has 2 saturated heterocycles. The van der Waals surface area contributed by atoms with Gasteiger partial charge in [-0.15, -0.1) is 11.8 Å². The van der Waals surface area contributed by atoms with E-state index < -0.39 is 56.4 Å². The van der Waals surface area contributed by atoms with Gasteiger partial charge in [0.15, 0.2) is 19.7 Å². The molecule has 5 aromatic carbocycles. The Bertz CT molecular complexity index is 3330. The van der Waals surface area contributed by atoms with E-state index in [4.69, 9.17) is 11.6 Å². The number of piperazine rings is 1. The third-order valence-electron chi connectivity index (χ3n) is 14.0. The predicted octanol–water partition coefficient (Wildman–Crippen LogP) is 11.3. The van der Waals surface area contributed by atoms with E-state index in [1.807, 2.05) is 71.8 Å². The number of likely N-dealkylation sites (tertiary alicyclic amines) is 1. The van der Waals surface area contributed by atoms with Crippen LogP contribution in [-0.2, 0) is 41.7 Å². The Morgan fingerprint density at radius 3 is 1.99 bits per heavy atom. The minimum absolute atomic E-state index is 0.0364. The first-order valence-corrected chi connectivity index (χ1v) is 31.1. The predicted molar refractivity (Wildman–Crippen MR) is 291 cm³/mol. The zero-order valence-electron chi connectivity index (χ0n) is 42.1. The van der Waals surface area contributed by atoms with Crippen LogP contribution in [0.15, 0.2) is 135 Å². The normalized spacial score (nSPS) is 16.0. The van der Waals surface area contributed by atoms with Gasteiger partial charge >= 0.3 is 5.51 Å². The van der Waals surface area contributed by atoms with Gasteiger partial charge in [0.2, 0.25) is 0 Å². The molecule has 0 amide bonds. The molecule has 2 aliphatic rings. The molecule has 402 valence electrons. The number of rotatable bonds is 18. The van der Waals surface area contributed by atoms with Crippen LogP contribution < -0.4 is 9.80 Å². The van der Waals surface area contributed by atoms with E-state index >= 15 is 4.39 Å². The molecule has 1 atom stereocenters.